The van der Waals surface area contributed by atoms with Crippen LogP contribution in [0.2, 0.25) is 0 Å². The monoisotopic (exact) mass is 301 g/mol. The molecule has 2 aromatic carbocycles. The highest BCUT2D eigenvalue weighted by Crippen LogP contribution is 2.17. The molecule has 5 nitrogen and oxygen atoms in total. The maximum absolute atomic E-state index is 10.9. The predicted octanol–water partition coefficient (Wildman–Crippen LogP) is 2.64. The number of amides is 1. The van der Waals surface area contributed by atoms with E-state index in [2.05, 4.69) is 0 Å². The highest BCUT2D eigenvalue weighted by atomic mass is 16.5. The summed E-state index contributed by atoms with van der Waals surface area (Å²) in [7, 11) is 0. The molecule has 0 aliphatic rings. The van der Waals surface area contributed by atoms with Crippen molar-refractivity contribution in [1.29, 1.82) is 0 Å². The zero-order chi connectivity index (χ0) is 15.8. The van der Waals surface area contributed by atoms with Gasteiger partial charge in [0.1, 0.15) is 30.5 Å². The Balaban J connectivity index is 1.73. The van der Waals surface area contributed by atoms with E-state index in [-0.39, 0.29) is 0 Å². The first-order valence-electron chi connectivity index (χ1n) is 7.07. The van der Waals surface area contributed by atoms with E-state index in [1.165, 1.54) is 0 Å². The molecule has 116 valence electrons. The van der Waals surface area contributed by atoms with Crippen molar-refractivity contribution in [2.24, 2.45) is 5.73 Å². The van der Waals surface area contributed by atoms with Crippen LogP contribution in [0.25, 0.3) is 0 Å². The van der Waals surface area contributed by atoms with Gasteiger partial charge in [-0.05, 0) is 55.5 Å². The van der Waals surface area contributed by atoms with E-state index in [1.807, 2.05) is 31.2 Å². The Labute approximate surface area is 129 Å². The van der Waals surface area contributed by atoms with Crippen LogP contribution in [0.5, 0.6) is 17.2 Å². The molecule has 0 saturated carbocycles. The third kappa shape index (κ3) is 4.70. The van der Waals surface area contributed by atoms with Gasteiger partial charge in [0.25, 0.3) is 0 Å². The van der Waals surface area contributed by atoms with Crippen LogP contribution < -0.4 is 19.9 Å². The smallest absolute Gasteiger partial charge is 0.248 e. The van der Waals surface area contributed by atoms with E-state index < -0.39 is 5.91 Å². The van der Waals surface area contributed by atoms with E-state index in [4.69, 9.17) is 19.9 Å². The van der Waals surface area contributed by atoms with Crippen LogP contribution in [0, 0.1) is 0 Å². The molecule has 0 aliphatic heterocycles. The molecule has 0 bridgehead atoms. The number of nitrogens with two attached hydrogens (primary N) is 1. The number of benzene rings is 2. The van der Waals surface area contributed by atoms with Gasteiger partial charge in [0.05, 0.1) is 6.61 Å². The number of ether oxygens (including phenoxy) is 3. The van der Waals surface area contributed by atoms with Crippen LogP contribution in [0.15, 0.2) is 48.5 Å². The Kier molecular flexibility index (Phi) is 5.65. The van der Waals surface area contributed by atoms with Crippen molar-refractivity contribution in [3.63, 3.8) is 0 Å². The fraction of sp³-hybridized carbons (Fsp3) is 0.235. The van der Waals surface area contributed by atoms with Gasteiger partial charge in [-0.1, -0.05) is 0 Å². The van der Waals surface area contributed by atoms with Crippen molar-refractivity contribution in [3.8, 4) is 17.2 Å². The lowest BCUT2D eigenvalue weighted by Crippen LogP contribution is -2.11. The summed E-state index contributed by atoms with van der Waals surface area (Å²) in [6.45, 7) is 3.41. The molecule has 22 heavy (non-hydrogen) atoms. The van der Waals surface area contributed by atoms with Gasteiger partial charge in [0, 0.05) is 5.56 Å². The van der Waals surface area contributed by atoms with E-state index in [1.54, 1.807) is 24.3 Å². The third-order valence-electron chi connectivity index (χ3n) is 2.89. The van der Waals surface area contributed by atoms with Crippen LogP contribution in [-0.2, 0) is 0 Å². The summed E-state index contributed by atoms with van der Waals surface area (Å²) in [4.78, 5) is 10.9. The molecule has 2 rings (SSSR count). The summed E-state index contributed by atoms with van der Waals surface area (Å²) in [5.41, 5.74) is 5.63. The maximum atomic E-state index is 10.9. The lowest BCUT2D eigenvalue weighted by atomic mass is 10.2. The number of carbonyl (C=O) groups excluding carboxylic acids is 1. The van der Waals surface area contributed by atoms with Gasteiger partial charge < -0.3 is 19.9 Å². The summed E-state index contributed by atoms with van der Waals surface area (Å²) in [6.07, 6.45) is 0. The summed E-state index contributed by atoms with van der Waals surface area (Å²) in [5, 5.41) is 0. The topological polar surface area (TPSA) is 70.8 Å². The highest BCUT2D eigenvalue weighted by molar-refractivity contribution is 5.92. The van der Waals surface area contributed by atoms with Gasteiger partial charge >= 0.3 is 0 Å². The molecule has 0 spiro atoms. The van der Waals surface area contributed by atoms with E-state index >= 15 is 0 Å². The Morgan fingerprint density at radius 1 is 0.818 bits per heavy atom. The summed E-state index contributed by atoms with van der Waals surface area (Å²) < 4.78 is 16.4. The van der Waals surface area contributed by atoms with Crippen molar-refractivity contribution in [2.75, 3.05) is 19.8 Å². The molecule has 0 aliphatic carbocycles. The standard InChI is InChI=1S/C17H19NO4/c1-2-20-14-7-9-16(10-8-14)22-12-11-21-15-5-3-13(4-6-15)17(18)19/h3-10H,2,11-12H2,1H3,(H2,18,19). The van der Waals surface area contributed by atoms with E-state index in [0.29, 0.717) is 31.1 Å². The van der Waals surface area contributed by atoms with Crippen LogP contribution >= 0.6 is 0 Å². The second-order valence-corrected chi connectivity index (χ2v) is 4.49. The maximum Gasteiger partial charge on any atom is 0.248 e. The lowest BCUT2D eigenvalue weighted by molar-refractivity contribution is 0.1000. The minimum atomic E-state index is -0.453. The quantitative estimate of drug-likeness (QED) is 0.761. The fourth-order valence-corrected chi connectivity index (χ4v) is 1.83. The van der Waals surface area contributed by atoms with E-state index in [9.17, 15) is 4.79 Å². The largest absolute Gasteiger partial charge is 0.494 e. The first kappa shape index (κ1) is 15.7. The third-order valence-corrected chi connectivity index (χ3v) is 2.89. The van der Waals surface area contributed by atoms with Crippen molar-refractivity contribution < 1.29 is 19.0 Å². The average molecular weight is 301 g/mol. The highest BCUT2D eigenvalue weighted by Gasteiger charge is 2.01. The number of hydrogen-bond acceptors (Lipinski definition) is 4. The Hall–Kier alpha value is -2.69. The van der Waals surface area contributed by atoms with Crippen LogP contribution in [0.3, 0.4) is 0 Å². The van der Waals surface area contributed by atoms with Crippen molar-refractivity contribution >= 4 is 5.91 Å². The molecule has 0 fully saturated rings. The zero-order valence-electron chi connectivity index (χ0n) is 12.5. The average Bonchev–Trinajstić information content (AvgIpc) is 2.54. The number of carbonyl (C=O) groups is 1. The predicted molar refractivity (Wildman–Crippen MR) is 83.6 cm³/mol. The van der Waals surface area contributed by atoms with Crippen molar-refractivity contribution in [3.05, 3.63) is 54.1 Å². The Bertz CT molecular complexity index is 593. The molecule has 2 aromatic rings. The number of rotatable bonds is 8. The molecule has 0 atom stereocenters. The zero-order valence-corrected chi connectivity index (χ0v) is 12.5. The van der Waals surface area contributed by atoms with Gasteiger partial charge in [-0.3, -0.25) is 4.79 Å². The first-order chi connectivity index (χ1) is 10.7. The second kappa shape index (κ2) is 7.93. The van der Waals surface area contributed by atoms with Gasteiger partial charge in [-0.2, -0.15) is 0 Å². The Morgan fingerprint density at radius 2 is 1.23 bits per heavy atom. The molecule has 0 heterocycles. The summed E-state index contributed by atoms with van der Waals surface area (Å²) in [6, 6.07) is 14.1. The first-order valence-corrected chi connectivity index (χ1v) is 7.07. The molecule has 0 aromatic heterocycles. The lowest BCUT2D eigenvalue weighted by Gasteiger charge is -2.09. The van der Waals surface area contributed by atoms with E-state index in [0.717, 1.165) is 11.5 Å². The van der Waals surface area contributed by atoms with Crippen molar-refractivity contribution in [2.45, 2.75) is 6.92 Å². The van der Waals surface area contributed by atoms with Gasteiger partial charge in [0.15, 0.2) is 0 Å². The van der Waals surface area contributed by atoms with Crippen molar-refractivity contribution in [1.82, 2.24) is 0 Å². The molecule has 0 saturated heterocycles. The van der Waals surface area contributed by atoms with Gasteiger partial charge in [-0.25, -0.2) is 0 Å². The minimum Gasteiger partial charge on any atom is -0.494 e. The number of primary amides is 1. The molecule has 5 heteroatoms. The van der Waals surface area contributed by atoms with Gasteiger partial charge in [0.2, 0.25) is 5.91 Å². The fourth-order valence-electron chi connectivity index (χ4n) is 1.83. The summed E-state index contributed by atoms with van der Waals surface area (Å²) in [5.74, 6) is 1.79. The van der Waals surface area contributed by atoms with Crippen LogP contribution in [0.4, 0.5) is 0 Å². The number of hydrogen-bond donors (Lipinski definition) is 1. The van der Waals surface area contributed by atoms with Gasteiger partial charge in [-0.15, -0.1) is 0 Å². The molecule has 0 radical (unpaired) electrons. The van der Waals surface area contributed by atoms with Crippen LogP contribution in [0.1, 0.15) is 17.3 Å². The van der Waals surface area contributed by atoms with Crippen LogP contribution in [-0.4, -0.2) is 25.7 Å². The molecule has 2 N–H and O–H groups in total. The molecular weight excluding hydrogens is 282 g/mol. The molecular formula is C17H19NO4. The summed E-state index contributed by atoms with van der Waals surface area (Å²) >= 11 is 0. The molecule has 1 amide bonds. The minimum absolute atomic E-state index is 0.406. The molecule has 0 unspecified atom stereocenters. The normalized spacial score (nSPS) is 10.0. The Morgan fingerprint density at radius 3 is 1.64 bits per heavy atom. The second-order valence-electron chi connectivity index (χ2n) is 4.49. The SMILES string of the molecule is CCOc1ccc(OCCOc2ccc(C(N)=O)cc2)cc1.